The average molecular weight is 306 g/mol. The first-order valence-corrected chi connectivity index (χ1v) is 8.41. The van der Waals surface area contributed by atoms with Crippen LogP contribution in [-0.2, 0) is 9.84 Å². The van der Waals surface area contributed by atoms with E-state index < -0.39 is 15.7 Å². The Morgan fingerprint density at radius 3 is 2.76 bits per heavy atom. The first-order chi connectivity index (χ1) is 10.1. The van der Waals surface area contributed by atoms with Crippen LogP contribution in [0.25, 0.3) is 0 Å². The quantitative estimate of drug-likeness (QED) is 0.875. The Morgan fingerprint density at radius 2 is 1.95 bits per heavy atom. The summed E-state index contributed by atoms with van der Waals surface area (Å²) in [6, 6.07) is 12.6. The Morgan fingerprint density at radius 1 is 1.14 bits per heavy atom. The molecular formula is C16H15FO3S. The second kappa shape index (κ2) is 5.48. The molecule has 0 saturated heterocycles. The summed E-state index contributed by atoms with van der Waals surface area (Å²) in [6.45, 7) is 0.500. The molecule has 0 amide bonds. The lowest BCUT2D eigenvalue weighted by atomic mass is 9.95. The molecule has 1 atom stereocenters. The lowest BCUT2D eigenvalue weighted by Crippen LogP contribution is -2.21. The molecule has 0 fully saturated rings. The minimum atomic E-state index is -3.52. The Bertz CT molecular complexity index is 756. The number of fused-ring (bicyclic) bond motifs is 1. The molecule has 21 heavy (non-hydrogen) atoms. The lowest BCUT2D eigenvalue weighted by Gasteiger charge is -2.25. The van der Waals surface area contributed by atoms with Gasteiger partial charge in [-0.3, -0.25) is 0 Å². The van der Waals surface area contributed by atoms with Crippen molar-refractivity contribution in [3.8, 4) is 5.75 Å². The molecule has 5 heteroatoms. The van der Waals surface area contributed by atoms with Crippen molar-refractivity contribution in [1.29, 1.82) is 0 Å². The molecule has 2 aromatic carbocycles. The average Bonchev–Trinajstić information content (AvgIpc) is 2.47. The summed E-state index contributed by atoms with van der Waals surface area (Å²) in [6.07, 6.45) is 0.644. The molecule has 0 aliphatic carbocycles. The van der Waals surface area contributed by atoms with Gasteiger partial charge in [-0.05, 0) is 36.2 Å². The molecular weight excluding hydrogens is 291 g/mol. The molecule has 0 spiro atoms. The monoisotopic (exact) mass is 306 g/mol. The number of ether oxygens (including phenoxy) is 1. The van der Waals surface area contributed by atoms with E-state index in [2.05, 4.69) is 0 Å². The van der Waals surface area contributed by atoms with Gasteiger partial charge in [0.25, 0.3) is 0 Å². The highest BCUT2D eigenvalue weighted by Crippen LogP contribution is 2.35. The minimum absolute atomic E-state index is 0.0309. The molecule has 110 valence electrons. The van der Waals surface area contributed by atoms with Crippen LogP contribution in [0.1, 0.15) is 17.9 Å². The van der Waals surface area contributed by atoms with Crippen molar-refractivity contribution in [1.82, 2.24) is 0 Å². The van der Waals surface area contributed by atoms with E-state index >= 15 is 0 Å². The van der Waals surface area contributed by atoms with Crippen LogP contribution in [0, 0.1) is 5.82 Å². The van der Waals surface area contributed by atoms with Crippen LogP contribution in [-0.4, -0.2) is 20.8 Å². The molecule has 0 bridgehead atoms. The van der Waals surface area contributed by atoms with E-state index in [4.69, 9.17) is 4.74 Å². The number of hydrogen-bond donors (Lipinski definition) is 0. The minimum Gasteiger partial charge on any atom is -0.493 e. The fraction of sp³-hybridized carbons (Fsp3) is 0.250. The third-order valence-corrected chi connectivity index (χ3v) is 5.47. The van der Waals surface area contributed by atoms with Crippen LogP contribution in [0.2, 0.25) is 0 Å². The predicted octanol–water partition coefficient (Wildman–Crippen LogP) is 3.17. The number of benzene rings is 2. The maximum atomic E-state index is 13.2. The SMILES string of the molecule is O=S(=O)(CC1CCOc2ccccc21)c1cccc(F)c1. The van der Waals surface area contributed by atoms with Gasteiger partial charge in [-0.25, -0.2) is 12.8 Å². The van der Waals surface area contributed by atoms with Crippen molar-refractivity contribution < 1.29 is 17.5 Å². The molecule has 0 radical (unpaired) electrons. The van der Waals surface area contributed by atoms with Crippen LogP contribution in [0.3, 0.4) is 0 Å². The summed E-state index contributed by atoms with van der Waals surface area (Å²) in [5.41, 5.74) is 0.906. The first-order valence-electron chi connectivity index (χ1n) is 6.76. The molecule has 3 rings (SSSR count). The van der Waals surface area contributed by atoms with Crippen molar-refractivity contribution in [3.63, 3.8) is 0 Å². The van der Waals surface area contributed by atoms with Crippen molar-refractivity contribution in [2.24, 2.45) is 0 Å². The molecule has 0 saturated carbocycles. The van der Waals surface area contributed by atoms with Crippen molar-refractivity contribution >= 4 is 9.84 Å². The van der Waals surface area contributed by atoms with Gasteiger partial charge < -0.3 is 4.74 Å². The summed E-state index contributed by atoms with van der Waals surface area (Å²) >= 11 is 0. The predicted molar refractivity (Wildman–Crippen MR) is 77.7 cm³/mol. The number of para-hydroxylation sites is 1. The number of hydrogen-bond acceptors (Lipinski definition) is 3. The van der Waals surface area contributed by atoms with Crippen LogP contribution >= 0.6 is 0 Å². The topological polar surface area (TPSA) is 43.4 Å². The first kappa shape index (κ1) is 14.1. The Balaban J connectivity index is 1.90. The van der Waals surface area contributed by atoms with E-state index in [1.165, 1.54) is 18.2 Å². The fourth-order valence-corrected chi connectivity index (χ4v) is 4.26. The summed E-state index contributed by atoms with van der Waals surface area (Å²) in [5.74, 6) is 0.0477. The summed E-state index contributed by atoms with van der Waals surface area (Å²) in [4.78, 5) is 0.0338. The van der Waals surface area contributed by atoms with E-state index in [9.17, 15) is 12.8 Å². The Hall–Kier alpha value is -1.88. The second-order valence-electron chi connectivity index (χ2n) is 5.11. The van der Waals surface area contributed by atoms with E-state index in [0.717, 1.165) is 17.4 Å². The Kier molecular flexibility index (Phi) is 3.68. The molecule has 0 aromatic heterocycles. The van der Waals surface area contributed by atoms with E-state index in [0.29, 0.717) is 13.0 Å². The fourth-order valence-electron chi connectivity index (χ4n) is 2.61. The molecule has 0 N–H and O–H groups in total. The molecule has 1 aliphatic rings. The Labute approximate surface area is 123 Å². The number of halogens is 1. The van der Waals surface area contributed by atoms with Gasteiger partial charge in [-0.1, -0.05) is 24.3 Å². The largest absolute Gasteiger partial charge is 0.493 e. The van der Waals surface area contributed by atoms with E-state index in [1.807, 2.05) is 24.3 Å². The van der Waals surface area contributed by atoms with Gasteiger partial charge in [0.2, 0.25) is 0 Å². The maximum Gasteiger partial charge on any atom is 0.179 e. The van der Waals surface area contributed by atoms with Gasteiger partial charge in [0.1, 0.15) is 11.6 Å². The van der Waals surface area contributed by atoms with Crippen molar-refractivity contribution in [2.75, 3.05) is 12.4 Å². The lowest BCUT2D eigenvalue weighted by molar-refractivity contribution is 0.272. The number of sulfone groups is 1. The van der Waals surface area contributed by atoms with Gasteiger partial charge in [-0.2, -0.15) is 0 Å². The van der Waals surface area contributed by atoms with Gasteiger partial charge in [0, 0.05) is 5.92 Å². The van der Waals surface area contributed by atoms with Crippen molar-refractivity contribution in [2.45, 2.75) is 17.2 Å². The maximum absolute atomic E-state index is 13.2. The van der Waals surface area contributed by atoms with Gasteiger partial charge in [0.15, 0.2) is 9.84 Å². The number of rotatable bonds is 3. The third-order valence-electron chi connectivity index (χ3n) is 3.66. The van der Waals surface area contributed by atoms with Gasteiger partial charge >= 0.3 is 0 Å². The second-order valence-corrected chi connectivity index (χ2v) is 7.14. The van der Waals surface area contributed by atoms with E-state index in [-0.39, 0.29) is 16.6 Å². The van der Waals surface area contributed by atoms with E-state index in [1.54, 1.807) is 0 Å². The van der Waals surface area contributed by atoms with Crippen LogP contribution in [0.4, 0.5) is 4.39 Å². The highest BCUT2D eigenvalue weighted by atomic mass is 32.2. The highest BCUT2D eigenvalue weighted by molar-refractivity contribution is 7.91. The third kappa shape index (κ3) is 2.93. The zero-order valence-corrected chi connectivity index (χ0v) is 12.1. The summed E-state index contributed by atoms with van der Waals surface area (Å²) in [7, 11) is -3.52. The van der Waals surface area contributed by atoms with Crippen LogP contribution < -0.4 is 4.74 Å². The van der Waals surface area contributed by atoms with Gasteiger partial charge in [-0.15, -0.1) is 0 Å². The zero-order valence-electron chi connectivity index (χ0n) is 11.3. The molecule has 1 unspecified atom stereocenters. The summed E-state index contributed by atoms with van der Waals surface area (Å²) < 4.78 is 43.7. The highest BCUT2D eigenvalue weighted by Gasteiger charge is 2.27. The normalized spacial score (nSPS) is 17.9. The van der Waals surface area contributed by atoms with Crippen LogP contribution in [0.5, 0.6) is 5.75 Å². The zero-order chi connectivity index (χ0) is 14.9. The smallest absolute Gasteiger partial charge is 0.179 e. The molecule has 3 nitrogen and oxygen atoms in total. The van der Waals surface area contributed by atoms with Crippen molar-refractivity contribution in [3.05, 3.63) is 59.9 Å². The van der Waals surface area contributed by atoms with Gasteiger partial charge in [0.05, 0.1) is 17.3 Å². The van der Waals surface area contributed by atoms with Crippen LogP contribution in [0.15, 0.2) is 53.4 Å². The summed E-state index contributed by atoms with van der Waals surface area (Å²) in [5, 5.41) is 0. The molecule has 2 aromatic rings. The standard InChI is InChI=1S/C16H15FO3S/c17-13-4-3-5-14(10-13)21(18,19)11-12-8-9-20-16-7-2-1-6-15(12)16/h1-7,10,12H,8-9,11H2. The molecule has 1 heterocycles. The molecule has 1 aliphatic heterocycles.